The topological polar surface area (TPSA) is 29.9 Å². The molecule has 4 heteroatoms. The van der Waals surface area contributed by atoms with Gasteiger partial charge in [-0.25, -0.2) is 0 Å². The molecule has 0 amide bonds. The molecular formula is C13H22ClN3. The van der Waals surface area contributed by atoms with E-state index in [4.69, 9.17) is 11.6 Å². The molecule has 0 aliphatic heterocycles. The second-order valence-corrected chi connectivity index (χ2v) is 5.57. The summed E-state index contributed by atoms with van der Waals surface area (Å²) >= 11 is 6.29. The summed E-state index contributed by atoms with van der Waals surface area (Å²) < 4.78 is 2.09. The van der Waals surface area contributed by atoms with E-state index in [1.165, 1.54) is 18.5 Å². The summed E-state index contributed by atoms with van der Waals surface area (Å²) in [6.45, 7) is 8.61. The van der Waals surface area contributed by atoms with Gasteiger partial charge in [-0.05, 0) is 45.7 Å². The molecule has 0 aromatic carbocycles. The van der Waals surface area contributed by atoms with Crippen molar-refractivity contribution in [1.82, 2.24) is 15.1 Å². The van der Waals surface area contributed by atoms with Crippen molar-refractivity contribution in [3.05, 3.63) is 16.9 Å². The molecule has 1 fully saturated rings. The van der Waals surface area contributed by atoms with Crippen molar-refractivity contribution < 1.29 is 0 Å². The van der Waals surface area contributed by atoms with Gasteiger partial charge in [-0.2, -0.15) is 5.10 Å². The molecule has 96 valence electrons. The van der Waals surface area contributed by atoms with Crippen LogP contribution in [0.2, 0.25) is 5.02 Å². The molecule has 1 aromatic rings. The Labute approximate surface area is 109 Å². The van der Waals surface area contributed by atoms with E-state index in [1.54, 1.807) is 6.20 Å². The van der Waals surface area contributed by atoms with Crippen LogP contribution in [0.3, 0.4) is 0 Å². The lowest BCUT2D eigenvalue weighted by Gasteiger charge is -2.37. The third kappa shape index (κ3) is 2.50. The minimum absolute atomic E-state index is 0.387. The van der Waals surface area contributed by atoms with E-state index < -0.39 is 0 Å². The second kappa shape index (κ2) is 5.40. The highest BCUT2D eigenvalue weighted by Gasteiger charge is 2.35. The first-order valence-corrected chi connectivity index (χ1v) is 6.96. The van der Waals surface area contributed by atoms with E-state index in [9.17, 15) is 0 Å². The van der Waals surface area contributed by atoms with Crippen molar-refractivity contribution in [2.45, 2.75) is 45.6 Å². The summed E-state index contributed by atoms with van der Waals surface area (Å²) in [5.74, 6) is 1.31. The van der Waals surface area contributed by atoms with E-state index in [1.807, 2.05) is 0 Å². The van der Waals surface area contributed by atoms with Crippen LogP contribution < -0.4 is 5.32 Å². The predicted molar refractivity (Wildman–Crippen MR) is 71.6 cm³/mol. The Kier molecular flexibility index (Phi) is 4.10. The lowest BCUT2D eigenvalue weighted by molar-refractivity contribution is 0.232. The van der Waals surface area contributed by atoms with E-state index in [-0.39, 0.29) is 0 Å². The third-order valence-electron chi connectivity index (χ3n) is 3.70. The molecule has 17 heavy (non-hydrogen) atoms. The fourth-order valence-corrected chi connectivity index (χ4v) is 2.88. The number of nitrogens with zero attached hydrogens (tertiary/aromatic N) is 2. The van der Waals surface area contributed by atoms with E-state index in [0.717, 1.165) is 24.0 Å². The van der Waals surface area contributed by atoms with Gasteiger partial charge in [0.05, 0.1) is 16.9 Å². The first kappa shape index (κ1) is 12.9. The Balaban J connectivity index is 2.14. The Bertz CT molecular complexity index is 373. The number of hydrogen-bond donors (Lipinski definition) is 1. The average molecular weight is 256 g/mol. The zero-order chi connectivity index (χ0) is 12.4. The summed E-state index contributed by atoms with van der Waals surface area (Å²) in [4.78, 5) is 0. The first-order chi connectivity index (χ1) is 8.15. The molecule has 0 saturated heterocycles. The molecule has 2 rings (SSSR count). The fourth-order valence-electron chi connectivity index (χ4n) is 2.61. The highest BCUT2D eigenvalue weighted by molar-refractivity contribution is 6.31. The van der Waals surface area contributed by atoms with E-state index >= 15 is 0 Å². The van der Waals surface area contributed by atoms with Crippen LogP contribution in [0, 0.1) is 5.92 Å². The molecule has 3 nitrogen and oxygen atoms in total. The molecule has 1 aliphatic rings. The van der Waals surface area contributed by atoms with Crippen LogP contribution in [0.1, 0.15) is 51.3 Å². The summed E-state index contributed by atoms with van der Waals surface area (Å²) in [5, 5.41) is 8.67. The standard InChI is InChI=1S/C13H22ClN3/c1-4-15-7-10-5-6-11(10)13-12(14)8-16-17(13)9(2)3/h8-11,15H,4-7H2,1-3H3. The summed E-state index contributed by atoms with van der Waals surface area (Å²) in [5.41, 5.74) is 1.25. The van der Waals surface area contributed by atoms with Crippen LogP contribution in [0.4, 0.5) is 0 Å². The number of nitrogens with one attached hydrogen (secondary N) is 1. The Morgan fingerprint density at radius 1 is 1.53 bits per heavy atom. The van der Waals surface area contributed by atoms with Crippen LogP contribution >= 0.6 is 11.6 Å². The van der Waals surface area contributed by atoms with Crippen molar-refractivity contribution in [2.24, 2.45) is 5.92 Å². The highest BCUT2D eigenvalue weighted by Crippen LogP contribution is 2.45. The van der Waals surface area contributed by atoms with Crippen molar-refractivity contribution in [2.75, 3.05) is 13.1 Å². The molecule has 2 atom stereocenters. The maximum atomic E-state index is 6.29. The van der Waals surface area contributed by atoms with Crippen LogP contribution in [0.25, 0.3) is 0 Å². The Hall–Kier alpha value is -0.540. The van der Waals surface area contributed by atoms with E-state index in [2.05, 4.69) is 35.9 Å². The van der Waals surface area contributed by atoms with E-state index in [0.29, 0.717) is 12.0 Å². The lowest BCUT2D eigenvalue weighted by atomic mass is 9.71. The van der Waals surface area contributed by atoms with Crippen molar-refractivity contribution in [3.8, 4) is 0 Å². The smallest absolute Gasteiger partial charge is 0.0820 e. The van der Waals surface area contributed by atoms with Gasteiger partial charge in [0.25, 0.3) is 0 Å². The SMILES string of the molecule is CCNCC1CCC1c1c(Cl)cnn1C(C)C. The first-order valence-electron chi connectivity index (χ1n) is 6.58. The van der Waals surface area contributed by atoms with Crippen LogP contribution in [-0.2, 0) is 0 Å². The van der Waals surface area contributed by atoms with Crippen LogP contribution in [-0.4, -0.2) is 22.9 Å². The molecule has 0 spiro atoms. The zero-order valence-corrected chi connectivity index (χ0v) is 11.7. The fraction of sp³-hybridized carbons (Fsp3) is 0.769. The molecule has 0 bridgehead atoms. The zero-order valence-electron chi connectivity index (χ0n) is 10.9. The number of hydrogen-bond acceptors (Lipinski definition) is 2. The largest absolute Gasteiger partial charge is 0.317 e. The number of aromatic nitrogens is 2. The molecule has 1 saturated carbocycles. The Morgan fingerprint density at radius 3 is 2.82 bits per heavy atom. The summed E-state index contributed by atoms with van der Waals surface area (Å²) in [6, 6.07) is 0.387. The predicted octanol–water partition coefficient (Wildman–Crippen LogP) is 3.22. The maximum Gasteiger partial charge on any atom is 0.0820 e. The normalized spacial score (nSPS) is 24.1. The molecule has 1 heterocycles. The van der Waals surface area contributed by atoms with Crippen molar-refractivity contribution in [1.29, 1.82) is 0 Å². The monoisotopic (exact) mass is 255 g/mol. The highest BCUT2D eigenvalue weighted by atomic mass is 35.5. The van der Waals surface area contributed by atoms with Crippen molar-refractivity contribution >= 4 is 11.6 Å². The van der Waals surface area contributed by atoms with Gasteiger partial charge in [0.1, 0.15) is 0 Å². The minimum atomic E-state index is 0.387. The molecular weight excluding hydrogens is 234 g/mol. The number of rotatable bonds is 5. The summed E-state index contributed by atoms with van der Waals surface area (Å²) in [7, 11) is 0. The lowest BCUT2D eigenvalue weighted by Crippen LogP contribution is -2.35. The maximum absolute atomic E-state index is 6.29. The van der Waals surface area contributed by atoms with Gasteiger partial charge in [0.15, 0.2) is 0 Å². The van der Waals surface area contributed by atoms with Crippen LogP contribution in [0.5, 0.6) is 0 Å². The van der Waals surface area contributed by atoms with Crippen molar-refractivity contribution in [3.63, 3.8) is 0 Å². The van der Waals surface area contributed by atoms with Crippen LogP contribution in [0.15, 0.2) is 6.20 Å². The van der Waals surface area contributed by atoms with Gasteiger partial charge < -0.3 is 5.32 Å². The van der Waals surface area contributed by atoms with Gasteiger partial charge in [-0.15, -0.1) is 0 Å². The third-order valence-corrected chi connectivity index (χ3v) is 3.99. The summed E-state index contributed by atoms with van der Waals surface area (Å²) in [6.07, 6.45) is 4.34. The molecule has 0 radical (unpaired) electrons. The molecule has 1 N–H and O–H groups in total. The molecule has 2 unspecified atom stereocenters. The molecule has 1 aliphatic carbocycles. The average Bonchev–Trinajstić information content (AvgIpc) is 2.60. The Morgan fingerprint density at radius 2 is 2.29 bits per heavy atom. The van der Waals surface area contributed by atoms with Gasteiger partial charge in [0.2, 0.25) is 0 Å². The molecule has 1 aromatic heterocycles. The minimum Gasteiger partial charge on any atom is -0.317 e. The number of halogens is 1. The van der Waals surface area contributed by atoms with Gasteiger partial charge in [0, 0.05) is 12.0 Å². The van der Waals surface area contributed by atoms with Gasteiger partial charge in [-0.1, -0.05) is 18.5 Å². The second-order valence-electron chi connectivity index (χ2n) is 5.17. The van der Waals surface area contributed by atoms with Gasteiger partial charge >= 0.3 is 0 Å². The van der Waals surface area contributed by atoms with Gasteiger partial charge in [-0.3, -0.25) is 4.68 Å². The quantitative estimate of drug-likeness (QED) is 0.876.